The molecular formula is C22H17P. The molecule has 0 heterocycles. The van der Waals surface area contributed by atoms with Gasteiger partial charge in [-0.3, -0.25) is 0 Å². The van der Waals surface area contributed by atoms with E-state index in [9.17, 15) is 0 Å². The first kappa shape index (κ1) is 16.6. The fourth-order valence-corrected chi connectivity index (χ4v) is 1.97. The van der Waals surface area contributed by atoms with E-state index < -0.39 is 0 Å². The van der Waals surface area contributed by atoms with Crippen molar-refractivity contribution in [2.75, 3.05) is 0 Å². The molecule has 0 aliphatic rings. The van der Waals surface area contributed by atoms with Crippen LogP contribution in [0.5, 0.6) is 0 Å². The van der Waals surface area contributed by atoms with Gasteiger partial charge in [-0.25, -0.2) is 0 Å². The van der Waals surface area contributed by atoms with Crippen LogP contribution in [0.25, 0.3) is 0 Å². The van der Waals surface area contributed by atoms with Gasteiger partial charge in [0.1, 0.15) is 0 Å². The summed E-state index contributed by atoms with van der Waals surface area (Å²) in [5.74, 6) is 12.6. The van der Waals surface area contributed by atoms with Gasteiger partial charge in [-0.2, -0.15) is 9.90 Å². The topological polar surface area (TPSA) is 0 Å². The Bertz CT molecular complexity index is 779. The summed E-state index contributed by atoms with van der Waals surface area (Å²) in [4.78, 5) is 0. The molecule has 0 nitrogen and oxygen atoms in total. The van der Waals surface area contributed by atoms with Crippen molar-refractivity contribution in [3.8, 4) is 23.7 Å². The fourth-order valence-electron chi connectivity index (χ4n) is 1.97. The summed E-state index contributed by atoms with van der Waals surface area (Å²) >= 11 is 0. The summed E-state index contributed by atoms with van der Waals surface area (Å²) in [7, 11) is 0. The Labute approximate surface area is 141 Å². The van der Waals surface area contributed by atoms with Crippen molar-refractivity contribution in [3.05, 3.63) is 107 Å². The van der Waals surface area contributed by atoms with Crippen molar-refractivity contribution < 1.29 is 0 Å². The van der Waals surface area contributed by atoms with Gasteiger partial charge in [-0.1, -0.05) is 60.1 Å². The normalized spacial score (nSPS) is 8.70. The second-order valence-corrected chi connectivity index (χ2v) is 4.81. The molecule has 110 valence electrons. The van der Waals surface area contributed by atoms with Gasteiger partial charge in [-0.05, 0) is 48.5 Å². The van der Waals surface area contributed by atoms with Gasteiger partial charge < -0.3 is 0 Å². The molecule has 1 unspecified atom stereocenters. The molecule has 0 bridgehead atoms. The quantitative estimate of drug-likeness (QED) is 0.422. The minimum absolute atomic E-state index is 0. The third-order valence-corrected chi connectivity index (χ3v) is 3.13. The summed E-state index contributed by atoms with van der Waals surface area (Å²) in [6, 6.07) is 28.0. The van der Waals surface area contributed by atoms with Gasteiger partial charge in [0.2, 0.25) is 0 Å². The third kappa shape index (κ3) is 5.16. The van der Waals surface area contributed by atoms with Crippen molar-refractivity contribution >= 4 is 9.90 Å². The molecular weight excluding hydrogens is 295 g/mol. The number of benzene rings is 3. The molecule has 0 N–H and O–H groups in total. The Kier molecular flexibility index (Phi) is 6.20. The molecule has 0 aliphatic carbocycles. The Morgan fingerprint density at radius 3 is 0.913 bits per heavy atom. The van der Waals surface area contributed by atoms with Gasteiger partial charge in [0, 0.05) is 22.3 Å². The van der Waals surface area contributed by atoms with Gasteiger partial charge >= 0.3 is 0 Å². The molecule has 1 atom stereocenters. The standard InChI is InChI=1S/C22H14.H3P/c1-3-7-19(8-4-1)11-13-21-15-17-22(18-16-21)14-12-20-9-5-2-6-10-20;/h1-10,15-18H;1H3. The zero-order valence-electron chi connectivity index (χ0n) is 12.8. The Morgan fingerprint density at radius 1 is 0.348 bits per heavy atom. The van der Waals surface area contributed by atoms with Gasteiger partial charge in [0.25, 0.3) is 0 Å². The lowest BCUT2D eigenvalue weighted by molar-refractivity contribution is 1.59. The first-order valence-electron chi connectivity index (χ1n) is 7.14. The van der Waals surface area contributed by atoms with E-state index >= 15 is 0 Å². The minimum Gasteiger partial charge on any atom is -0.153 e. The van der Waals surface area contributed by atoms with Crippen LogP contribution in [0, 0.1) is 23.7 Å². The molecule has 1 heteroatoms. The van der Waals surface area contributed by atoms with E-state index in [0.717, 1.165) is 22.3 Å². The molecule has 0 aromatic heterocycles. The van der Waals surface area contributed by atoms with E-state index in [1.807, 2.05) is 84.9 Å². The molecule has 0 aliphatic heterocycles. The minimum atomic E-state index is 0. The van der Waals surface area contributed by atoms with E-state index in [-0.39, 0.29) is 9.90 Å². The van der Waals surface area contributed by atoms with Gasteiger partial charge in [-0.15, -0.1) is 0 Å². The largest absolute Gasteiger partial charge is 0.153 e. The van der Waals surface area contributed by atoms with Crippen LogP contribution in [0.3, 0.4) is 0 Å². The maximum Gasteiger partial charge on any atom is 0.0249 e. The smallest absolute Gasteiger partial charge is 0.0249 e. The molecule has 0 fully saturated rings. The zero-order chi connectivity index (χ0) is 15.0. The van der Waals surface area contributed by atoms with Crippen molar-refractivity contribution in [1.29, 1.82) is 0 Å². The molecule has 3 rings (SSSR count). The van der Waals surface area contributed by atoms with E-state index in [0.29, 0.717) is 0 Å². The van der Waals surface area contributed by atoms with Crippen LogP contribution in [0.15, 0.2) is 84.9 Å². The number of hydrogen-bond acceptors (Lipinski definition) is 0. The molecule has 3 aromatic rings. The molecule has 0 amide bonds. The highest BCUT2D eigenvalue weighted by atomic mass is 31.0. The monoisotopic (exact) mass is 312 g/mol. The van der Waals surface area contributed by atoms with E-state index in [2.05, 4.69) is 23.7 Å². The highest BCUT2D eigenvalue weighted by Gasteiger charge is 1.89. The Balaban J connectivity index is 0.00000192. The van der Waals surface area contributed by atoms with Gasteiger partial charge in [0.15, 0.2) is 0 Å². The molecule has 3 aromatic carbocycles. The lowest BCUT2D eigenvalue weighted by atomic mass is 10.1. The van der Waals surface area contributed by atoms with E-state index in [1.165, 1.54) is 0 Å². The highest BCUT2D eigenvalue weighted by molar-refractivity contribution is 6.92. The predicted octanol–water partition coefficient (Wildman–Crippen LogP) is 4.54. The maximum absolute atomic E-state index is 3.16. The Morgan fingerprint density at radius 2 is 0.609 bits per heavy atom. The van der Waals surface area contributed by atoms with Crippen molar-refractivity contribution in [2.24, 2.45) is 0 Å². The second kappa shape index (κ2) is 8.60. The lowest BCUT2D eigenvalue weighted by Crippen LogP contribution is -1.78. The first-order chi connectivity index (χ1) is 10.9. The summed E-state index contributed by atoms with van der Waals surface area (Å²) in [6.45, 7) is 0. The zero-order valence-corrected chi connectivity index (χ0v) is 14.2. The highest BCUT2D eigenvalue weighted by Crippen LogP contribution is 2.04. The van der Waals surface area contributed by atoms with Crippen LogP contribution in [0.1, 0.15) is 22.3 Å². The predicted molar refractivity (Wildman–Crippen MR) is 102 cm³/mol. The lowest BCUT2D eigenvalue weighted by Gasteiger charge is -1.92. The van der Waals surface area contributed by atoms with Crippen LogP contribution in [0.4, 0.5) is 0 Å². The molecule has 0 spiro atoms. The van der Waals surface area contributed by atoms with E-state index in [4.69, 9.17) is 0 Å². The van der Waals surface area contributed by atoms with Crippen LogP contribution < -0.4 is 0 Å². The summed E-state index contributed by atoms with van der Waals surface area (Å²) in [6.07, 6.45) is 0. The average Bonchev–Trinajstić information content (AvgIpc) is 2.61. The number of rotatable bonds is 0. The van der Waals surface area contributed by atoms with Crippen molar-refractivity contribution in [3.63, 3.8) is 0 Å². The second-order valence-electron chi connectivity index (χ2n) is 4.81. The summed E-state index contributed by atoms with van der Waals surface area (Å²) < 4.78 is 0. The molecule has 0 radical (unpaired) electrons. The maximum atomic E-state index is 3.16. The van der Waals surface area contributed by atoms with Crippen LogP contribution in [-0.4, -0.2) is 0 Å². The van der Waals surface area contributed by atoms with E-state index in [1.54, 1.807) is 0 Å². The first-order valence-corrected chi connectivity index (χ1v) is 7.14. The van der Waals surface area contributed by atoms with Crippen LogP contribution >= 0.6 is 9.90 Å². The average molecular weight is 312 g/mol. The van der Waals surface area contributed by atoms with Crippen LogP contribution in [-0.2, 0) is 0 Å². The van der Waals surface area contributed by atoms with Crippen LogP contribution in [0.2, 0.25) is 0 Å². The summed E-state index contributed by atoms with van der Waals surface area (Å²) in [5, 5.41) is 0. The van der Waals surface area contributed by atoms with Crippen molar-refractivity contribution in [1.82, 2.24) is 0 Å². The van der Waals surface area contributed by atoms with Crippen molar-refractivity contribution in [2.45, 2.75) is 0 Å². The fraction of sp³-hybridized carbons (Fsp3) is 0. The molecule has 0 saturated carbocycles. The molecule has 0 saturated heterocycles. The molecule has 23 heavy (non-hydrogen) atoms. The number of hydrogen-bond donors (Lipinski definition) is 0. The van der Waals surface area contributed by atoms with Gasteiger partial charge in [0.05, 0.1) is 0 Å². The Hall–Kier alpha value is -2.79. The third-order valence-electron chi connectivity index (χ3n) is 3.13. The SMILES string of the molecule is C(#Cc1ccc(C#Cc2ccccc2)cc1)c1ccccc1.P. The summed E-state index contributed by atoms with van der Waals surface area (Å²) in [5.41, 5.74) is 4.04.